The molecule has 0 spiro atoms. The Labute approximate surface area is 159 Å². The lowest BCUT2D eigenvalue weighted by Crippen LogP contribution is -2.35. The third-order valence-corrected chi connectivity index (χ3v) is 4.05. The molecule has 0 saturated carbocycles. The summed E-state index contributed by atoms with van der Waals surface area (Å²) in [6.45, 7) is 1.38. The zero-order valence-corrected chi connectivity index (χ0v) is 14.9. The van der Waals surface area contributed by atoms with E-state index in [2.05, 4.69) is 16.0 Å². The summed E-state index contributed by atoms with van der Waals surface area (Å²) in [7, 11) is 0. The van der Waals surface area contributed by atoms with Crippen LogP contribution in [0.25, 0.3) is 0 Å². The van der Waals surface area contributed by atoms with Crippen molar-refractivity contribution in [3.05, 3.63) is 33.9 Å². The molecule has 12 heteroatoms. The van der Waals surface area contributed by atoms with Gasteiger partial charge in [0.1, 0.15) is 5.69 Å². The summed E-state index contributed by atoms with van der Waals surface area (Å²) in [5, 5.41) is 28.8. The second-order valence-corrected chi connectivity index (χ2v) is 5.95. The summed E-state index contributed by atoms with van der Waals surface area (Å²) in [5.74, 6) is -0.408. The fourth-order valence-electron chi connectivity index (χ4n) is 2.58. The van der Waals surface area contributed by atoms with Crippen LogP contribution >= 0.6 is 12.4 Å². The fourth-order valence-corrected chi connectivity index (χ4v) is 2.58. The summed E-state index contributed by atoms with van der Waals surface area (Å²) in [4.78, 5) is 21.8. The molecule has 1 aromatic rings. The van der Waals surface area contributed by atoms with Gasteiger partial charge in [-0.15, -0.1) is 12.4 Å². The van der Waals surface area contributed by atoms with E-state index in [0.29, 0.717) is 25.7 Å². The Morgan fingerprint density at radius 3 is 2.63 bits per heavy atom. The van der Waals surface area contributed by atoms with Crippen molar-refractivity contribution in [2.45, 2.75) is 18.7 Å². The van der Waals surface area contributed by atoms with Crippen molar-refractivity contribution < 1.29 is 28.0 Å². The molecule has 8 nitrogen and oxygen atoms in total. The first-order valence-electron chi connectivity index (χ1n) is 7.93. The maximum Gasteiger partial charge on any atom is 0.416 e. The Morgan fingerprint density at radius 2 is 2.07 bits per heavy atom. The molecule has 0 aliphatic carbocycles. The van der Waals surface area contributed by atoms with Gasteiger partial charge < -0.3 is 21.1 Å². The maximum absolute atomic E-state index is 12.6. The number of β-amino-alcohol motifs (C(OH)–C–C–N with tert-alkyl or cyclic N) is 1. The van der Waals surface area contributed by atoms with Crippen molar-refractivity contribution in [3.63, 3.8) is 0 Å². The first kappa shape index (κ1) is 22.9. The molecule has 0 aromatic heterocycles. The second-order valence-electron chi connectivity index (χ2n) is 5.95. The molecule has 4 N–H and O–H groups in total. The molecule has 1 fully saturated rings. The summed E-state index contributed by atoms with van der Waals surface area (Å²) < 4.78 is 37.9. The van der Waals surface area contributed by atoms with E-state index in [1.807, 2.05) is 0 Å². The normalized spacial score (nSPS) is 19.3. The van der Waals surface area contributed by atoms with Crippen LogP contribution in [0.15, 0.2) is 18.2 Å². The first-order chi connectivity index (χ1) is 12.2. The highest BCUT2D eigenvalue weighted by Gasteiger charge is 2.33. The predicted octanol–water partition coefficient (Wildman–Crippen LogP) is 1.53. The summed E-state index contributed by atoms with van der Waals surface area (Å²) in [6.07, 6.45) is -5.22. The van der Waals surface area contributed by atoms with Crippen LogP contribution in [-0.2, 0) is 11.0 Å². The molecule has 1 amide bonds. The number of benzene rings is 1. The van der Waals surface area contributed by atoms with Gasteiger partial charge >= 0.3 is 6.18 Å². The number of nitrogens with one attached hydrogen (secondary N) is 3. The van der Waals surface area contributed by atoms with E-state index in [0.717, 1.165) is 12.1 Å². The SMILES string of the molecule is Cl.O=C(CCNc1ccc(C(F)(F)F)cc1[N+](=O)[O-])NCC1CNCC1O. The fraction of sp³-hybridized carbons (Fsp3) is 0.533. The number of nitro groups is 1. The number of hydrogen-bond acceptors (Lipinski definition) is 6. The monoisotopic (exact) mass is 412 g/mol. The standard InChI is InChI=1S/C15H19F3N4O4.ClH/c16-15(17,18)10-1-2-11(12(5-10)22(25)26)20-4-3-14(24)21-7-9-6-19-8-13(9)23;/h1-2,5,9,13,19-20,23H,3-4,6-8H2,(H,21,24);1H. The number of nitro benzene ring substituents is 1. The van der Waals surface area contributed by atoms with E-state index in [1.54, 1.807) is 0 Å². The molecule has 1 aromatic carbocycles. The topological polar surface area (TPSA) is 117 Å². The lowest BCUT2D eigenvalue weighted by Gasteiger charge is -2.14. The van der Waals surface area contributed by atoms with E-state index in [-0.39, 0.29) is 42.9 Å². The van der Waals surface area contributed by atoms with Gasteiger partial charge in [-0.3, -0.25) is 14.9 Å². The van der Waals surface area contributed by atoms with Crippen LogP contribution in [0.5, 0.6) is 0 Å². The third kappa shape index (κ3) is 6.52. The van der Waals surface area contributed by atoms with Crippen LogP contribution < -0.4 is 16.0 Å². The minimum Gasteiger partial charge on any atom is -0.391 e. The number of halogens is 4. The van der Waals surface area contributed by atoms with Crippen molar-refractivity contribution in [1.29, 1.82) is 0 Å². The molecular weight excluding hydrogens is 393 g/mol. The highest BCUT2D eigenvalue weighted by Crippen LogP contribution is 2.34. The van der Waals surface area contributed by atoms with E-state index < -0.39 is 28.5 Å². The Balaban J connectivity index is 0.00000364. The maximum atomic E-state index is 12.6. The largest absolute Gasteiger partial charge is 0.416 e. The summed E-state index contributed by atoms with van der Waals surface area (Å²) in [6, 6.07) is 2.17. The molecule has 2 unspecified atom stereocenters. The van der Waals surface area contributed by atoms with Crippen LogP contribution in [0.2, 0.25) is 0 Å². The minimum absolute atomic E-state index is 0. The minimum atomic E-state index is -4.68. The summed E-state index contributed by atoms with van der Waals surface area (Å²) >= 11 is 0. The highest BCUT2D eigenvalue weighted by molar-refractivity contribution is 5.85. The number of anilines is 1. The number of aliphatic hydroxyl groups excluding tert-OH is 1. The highest BCUT2D eigenvalue weighted by atomic mass is 35.5. The number of amides is 1. The van der Waals surface area contributed by atoms with Crippen LogP contribution in [-0.4, -0.2) is 48.2 Å². The quantitative estimate of drug-likeness (QED) is 0.398. The third-order valence-electron chi connectivity index (χ3n) is 4.05. The number of rotatable bonds is 7. The molecule has 1 saturated heterocycles. The molecule has 1 heterocycles. The van der Waals surface area contributed by atoms with Gasteiger partial charge in [0, 0.05) is 44.6 Å². The zero-order chi connectivity index (χ0) is 19.3. The van der Waals surface area contributed by atoms with Gasteiger partial charge in [0.05, 0.1) is 16.6 Å². The van der Waals surface area contributed by atoms with Crippen LogP contribution in [0.4, 0.5) is 24.5 Å². The Kier molecular flexibility index (Phi) is 8.25. The Bertz CT molecular complexity index is 675. The molecule has 0 bridgehead atoms. The number of alkyl halides is 3. The van der Waals surface area contributed by atoms with E-state index >= 15 is 0 Å². The van der Waals surface area contributed by atoms with Gasteiger partial charge in [0.2, 0.25) is 5.91 Å². The Morgan fingerprint density at radius 1 is 1.37 bits per heavy atom. The van der Waals surface area contributed by atoms with Crippen molar-refractivity contribution in [1.82, 2.24) is 10.6 Å². The van der Waals surface area contributed by atoms with E-state index in [4.69, 9.17) is 0 Å². The molecule has 2 atom stereocenters. The second kappa shape index (κ2) is 9.72. The Hall–Kier alpha value is -2.11. The lowest BCUT2D eigenvalue weighted by molar-refractivity contribution is -0.384. The number of nitrogens with zero attached hydrogens (tertiary/aromatic N) is 1. The van der Waals surface area contributed by atoms with E-state index in [1.165, 1.54) is 0 Å². The van der Waals surface area contributed by atoms with Crippen LogP contribution in [0, 0.1) is 16.0 Å². The predicted molar refractivity (Wildman–Crippen MR) is 93.8 cm³/mol. The lowest BCUT2D eigenvalue weighted by atomic mass is 10.1. The van der Waals surface area contributed by atoms with Crippen molar-refractivity contribution >= 4 is 29.7 Å². The van der Waals surface area contributed by atoms with Crippen molar-refractivity contribution in [3.8, 4) is 0 Å². The van der Waals surface area contributed by atoms with Gasteiger partial charge in [0.25, 0.3) is 5.69 Å². The van der Waals surface area contributed by atoms with E-state index in [9.17, 15) is 33.2 Å². The average molecular weight is 413 g/mol. The first-order valence-corrected chi connectivity index (χ1v) is 7.93. The molecular formula is C15H20ClF3N4O4. The van der Waals surface area contributed by atoms with Crippen LogP contribution in [0.1, 0.15) is 12.0 Å². The molecule has 27 heavy (non-hydrogen) atoms. The number of aliphatic hydroxyl groups is 1. The molecule has 2 rings (SSSR count). The smallest absolute Gasteiger partial charge is 0.391 e. The van der Waals surface area contributed by atoms with Gasteiger partial charge in [-0.2, -0.15) is 13.2 Å². The van der Waals surface area contributed by atoms with Gasteiger partial charge in [-0.25, -0.2) is 0 Å². The van der Waals surface area contributed by atoms with Gasteiger partial charge in [-0.05, 0) is 12.1 Å². The molecule has 1 aliphatic heterocycles. The number of carbonyl (C=O) groups excluding carboxylic acids is 1. The molecule has 1 aliphatic rings. The van der Waals surface area contributed by atoms with Gasteiger partial charge in [-0.1, -0.05) is 0 Å². The molecule has 152 valence electrons. The summed E-state index contributed by atoms with van der Waals surface area (Å²) in [5.41, 5.74) is -1.91. The van der Waals surface area contributed by atoms with Crippen LogP contribution in [0.3, 0.4) is 0 Å². The number of hydrogen-bond donors (Lipinski definition) is 4. The molecule has 0 radical (unpaired) electrons. The van der Waals surface area contributed by atoms with Crippen molar-refractivity contribution in [2.75, 3.05) is 31.5 Å². The van der Waals surface area contributed by atoms with Gasteiger partial charge in [0.15, 0.2) is 0 Å². The number of carbonyl (C=O) groups is 1. The van der Waals surface area contributed by atoms with Crippen molar-refractivity contribution in [2.24, 2.45) is 5.92 Å². The zero-order valence-electron chi connectivity index (χ0n) is 14.1. The average Bonchev–Trinajstić information content (AvgIpc) is 2.97.